The van der Waals surface area contributed by atoms with Crippen molar-refractivity contribution in [2.24, 2.45) is 0 Å². The summed E-state index contributed by atoms with van der Waals surface area (Å²) in [7, 11) is 3.27. The number of hydrogen-bond acceptors (Lipinski definition) is 4. The Morgan fingerprint density at radius 2 is 1.65 bits per heavy atom. The van der Waals surface area contributed by atoms with Crippen molar-refractivity contribution in [2.75, 3.05) is 14.2 Å². The largest absolute Gasteiger partial charge is 0.497 e. The van der Waals surface area contributed by atoms with Gasteiger partial charge >= 0.3 is 0 Å². The van der Waals surface area contributed by atoms with Crippen LogP contribution < -0.4 is 9.47 Å². The third-order valence-corrected chi connectivity index (χ3v) is 3.14. The van der Waals surface area contributed by atoms with Crippen LogP contribution in [0.3, 0.4) is 0 Å². The molecule has 20 heavy (non-hydrogen) atoms. The van der Waals surface area contributed by atoms with E-state index in [-0.39, 0.29) is 0 Å². The standard InChI is InChI=1S/C16H14N2O2/c1-19-13-7-12(8-14(9-13)20-2)15-4-3-11-10-17-6-5-16(11)18-15/h3-10H,1-2H3. The first-order chi connectivity index (χ1) is 9.80. The molecule has 0 unspecified atom stereocenters. The lowest BCUT2D eigenvalue weighted by Crippen LogP contribution is -1.91. The number of methoxy groups -OCH3 is 2. The molecule has 0 radical (unpaired) electrons. The highest BCUT2D eigenvalue weighted by molar-refractivity contribution is 5.80. The molecule has 4 nitrogen and oxygen atoms in total. The number of aromatic nitrogens is 2. The third-order valence-electron chi connectivity index (χ3n) is 3.14. The van der Waals surface area contributed by atoms with Crippen molar-refractivity contribution in [3.8, 4) is 22.8 Å². The summed E-state index contributed by atoms with van der Waals surface area (Å²) < 4.78 is 10.6. The SMILES string of the molecule is COc1cc(OC)cc(-c2ccc3cnccc3n2)c1. The Balaban J connectivity index is 2.14. The molecule has 0 aliphatic rings. The molecule has 2 heterocycles. The van der Waals surface area contributed by atoms with Gasteiger partial charge in [0.15, 0.2) is 0 Å². The fraction of sp³-hybridized carbons (Fsp3) is 0.125. The van der Waals surface area contributed by atoms with Crippen LogP contribution in [0.15, 0.2) is 48.8 Å². The molecule has 0 fully saturated rings. The summed E-state index contributed by atoms with van der Waals surface area (Å²) >= 11 is 0. The molecule has 3 rings (SSSR count). The third kappa shape index (κ3) is 2.28. The van der Waals surface area contributed by atoms with E-state index in [1.807, 2.05) is 36.4 Å². The summed E-state index contributed by atoms with van der Waals surface area (Å²) in [5.41, 5.74) is 2.75. The maximum atomic E-state index is 5.29. The lowest BCUT2D eigenvalue weighted by molar-refractivity contribution is 0.394. The molecule has 3 aromatic rings. The van der Waals surface area contributed by atoms with Crippen LogP contribution in [0.5, 0.6) is 11.5 Å². The second-order valence-corrected chi connectivity index (χ2v) is 4.37. The fourth-order valence-electron chi connectivity index (χ4n) is 2.08. The molecule has 1 aromatic carbocycles. The molecule has 0 bridgehead atoms. The Morgan fingerprint density at radius 3 is 2.35 bits per heavy atom. The van der Waals surface area contributed by atoms with Crippen LogP contribution in [-0.2, 0) is 0 Å². The molecule has 0 atom stereocenters. The van der Waals surface area contributed by atoms with E-state index in [1.165, 1.54) is 0 Å². The predicted octanol–water partition coefficient (Wildman–Crippen LogP) is 3.31. The molecule has 0 saturated heterocycles. The average Bonchev–Trinajstić information content (AvgIpc) is 2.53. The Bertz CT molecular complexity index is 734. The fourth-order valence-corrected chi connectivity index (χ4v) is 2.08. The molecule has 0 spiro atoms. The van der Waals surface area contributed by atoms with Gasteiger partial charge in [0.1, 0.15) is 11.5 Å². The minimum Gasteiger partial charge on any atom is -0.497 e. The van der Waals surface area contributed by atoms with Gasteiger partial charge in [0.2, 0.25) is 0 Å². The molecule has 100 valence electrons. The van der Waals surface area contributed by atoms with Crippen molar-refractivity contribution in [2.45, 2.75) is 0 Å². The van der Waals surface area contributed by atoms with Crippen molar-refractivity contribution in [3.05, 3.63) is 48.8 Å². The molecule has 0 aliphatic carbocycles. The van der Waals surface area contributed by atoms with Gasteiger partial charge in [-0.1, -0.05) is 0 Å². The lowest BCUT2D eigenvalue weighted by atomic mass is 10.1. The van der Waals surface area contributed by atoms with Gasteiger partial charge in [-0.3, -0.25) is 4.98 Å². The summed E-state index contributed by atoms with van der Waals surface area (Å²) in [6, 6.07) is 11.6. The summed E-state index contributed by atoms with van der Waals surface area (Å²) in [6.07, 6.45) is 3.55. The summed E-state index contributed by atoms with van der Waals surface area (Å²) in [6.45, 7) is 0. The monoisotopic (exact) mass is 266 g/mol. The minimum absolute atomic E-state index is 0.746. The van der Waals surface area contributed by atoms with E-state index >= 15 is 0 Å². The Morgan fingerprint density at radius 1 is 0.900 bits per heavy atom. The van der Waals surface area contributed by atoms with Crippen molar-refractivity contribution < 1.29 is 9.47 Å². The van der Waals surface area contributed by atoms with Crippen LogP contribution in [-0.4, -0.2) is 24.2 Å². The van der Waals surface area contributed by atoms with Crippen LogP contribution in [0.1, 0.15) is 0 Å². The molecule has 0 aliphatic heterocycles. The van der Waals surface area contributed by atoms with Crippen molar-refractivity contribution in [1.29, 1.82) is 0 Å². The van der Waals surface area contributed by atoms with E-state index in [2.05, 4.69) is 9.97 Å². The van der Waals surface area contributed by atoms with Gasteiger partial charge in [0.25, 0.3) is 0 Å². The summed E-state index contributed by atoms with van der Waals surface area (Å²) in [5, 5.41) is 1.02. The lowest BCUT2D eigenvalue weighted by Gasteiger charge is -2.08. The quantitative estimate of drug-likeness (QED) is 0.729. The van der Waals surface area contributed by atoms with Gasteiger partial charge in [-0.2, -0.15) is 0 Å². The highest BCUT2D eigenvalue weighted by atomic mass is 16.5. The Labute approximate surface area is 117 Å². The van der Waals surface area contributed by atoms with Gasteiger partial charge < -0.3 is 9.47 Å². The van der Waals surface area contributed by atoms with Crippen LogP contribution in [0, 0.1) is 0 Å². The van der Waals surface area contributed by atoms with Crippen LogP contribution in [0.2, 0.25) is 0 Å². The molecular weight excluding hydrogens is 252 g/mol. The van der Waals surface area contributed by atoms with Gasteiger partial charge in [0, 0.05) is 29.4 Å². The van der Waals surface area contributed by atoms with E-state index in [0.717, 1.165) is 33.7 Å². The number of rotatable bonds is 3. The van der Waals surface area contributed by atoms with Gasteiger partial charge in [-0.25, -0.2) is 4.98 Å². The predicted molar refractivity (Wildman–Crippen MR) is 78.1 cm³/mol. The zero-order valence-electron chi connectivity index (χ0n) is 11.3. The number of benzene rings is 1. The van der Waals surface area contributed by atoms with Crippen molar-refractivity contribution >= 4 is 10.9 Å². The van der Waals surface area contributed by atoms with E-state index in [9.17, 15) is 0 Å². The first kappa shape index (κ1) is 12.4. The highest BCUT2D eigenvalue weighted by Crippen LogP contribution is 2.29. The minimum atomic E-state index is 0.746. The Hall–Kier alpha value is -2.62. The maximum absolute atomic E-state index is 5.29. The number of fused-ring (bicyclic) bond motifs is 1. The number of pyridine rings is 2. The molecule has 2 aromatic heterocycles. The topological polar surface area (TPSA) is 44.2 Å². The number of hydrogen-bond donors (Lipinski definition) is 0. The number of nitrogens with zero attached hydrogens (tertiary/aromatic N) is 2. The van der Waals surface area contributed by atoms with Crippen LogP contribution in [0.4, 0.5) is 0 Å². The summed E-state index contributed by atoms with van der Waals surface area (Å²) in [5.74, 6) is 1.49. The average molecular weight is 266 g/mol. The van der Waals surface area contributed by atoms with Gasteiger partial charge in [0.05, 0.1) is 25.4 Å². The highest BCUT2D eigenvalue weighted by Gasteiger charge is 2.06. The normalized spacial score (nSPS) is 10.5. The second kappa shape index (κ2) is 5.17. The second-order valence-electron chi connectivity index (χ2n) is 4.37. The van der Waals surface area contributed by atoms with Crippen LogP contribution in [0.25, 0.3) is 22.2 Å². The first-order valence-electron chi connectivity index (χ1n) is 6.24. The molecule has 0 amide bonds. The first-order valence-corrected chi connectivity index (χ1v) is 6.24. The molecule has 0 N–H and O–H groups in total. The Kier molecular flexibility index (Phi) is 3.21. The molecule has 4 heteroatoms. The maximum Gasteiger partial charge on any atom is 0.123 e. The van der Waals surface area contributed by atoms with E-state index < -0.39 is 0 Å². The smallest absolute Gasteiger partial charge is 0.123 e. The van der Waals surface area contributed by atoms with Crippen molar-refractivity contribution in [3.63, 3.8) is 0 Å². The summed E-state index contributed by atoms with van der Waals surface area (Å²) in [4.78, 5) is 8.74. The molecule has 0 saturated carbocycles. The molecular formula is C16H14N2O2. The zero-order chi connectivity index (χ0) is 13.9. The van der Waals surface area contributed by atoms with E-state index in [0.29, 0.717) is 0 Å². The van der Waals surface area contributed by atoms with Crippen molar-refractivity contribution in [1.82, 2.24) is 9.97 Å². The van der Waals surface area contributed by atoms with E-state index in [1.54, 1.807) is 26.6 Å². The van der Waals surface area contributed by atoms with Gasteiger partial charge in [-0.05, 0) is 30.3 Å². The van der Waals surface area contributed by atoms with E-state index in [4.69, 9.17) is 9.47 Å². The number of ether oxygens (including phenoxy) is 2. The van der Waals surface area contributed by atoms with Crippen LogP contribution >= 0.6 is 0 Å². The van der Waals surface area contributed by atoms with Gasteiger partial charge in [-0.15, -0.1) is 0 Å². The zero-order valence-corrected chi connectivity index (χ0v) is 11.3.